The minimum Gasteiger partial charge on any atom is -0.494 e. The number of hydrogen-bond donors (Lipinski definition) is 1. The van der Waals surface area contributed by atoms with Gasteiger partial charge in [-0.25, -0.2) is 9.97 Å². The Morgan fingerprint density at radius 1 is 1.27 bits per heavy atom. The van der Waals surface area contributed by atoms with Gasteiger partial charge in [-0.15, -0.1) is 23.1 Å². The summed E-state index contributed by atoms with van der Waals surface area (Å²) in [5, 5.41) is 12.9. The number of carboxylic acid groups (broad SMARTS) is 1. The molecule has 3 rings (SSSR count). The largest absolute Gasteiger partial charge is 0.494 e. The topological polar surface area (TPSA) is 72.3 Å². The number of rotatable bonds is 8. The fourth-order valence-corrected chi connectivity index (χ4v) is 4.70. The zero-order valence-corrected chi connectivity index (χ0v) is 16.3. The maximum absolute atomic E-state index is 10.7. The molecule has 0 radical (unpaired) electrons. The van der Waals surface area contributed by atoms with Crippen LogP contribution in [-0.4, -0.2) is 33.4 Å². The zero-order valence-electron chi connectivity index (χ0n) is 14.7. The summed E-state index contributed by atoms with van der Waals surface area (Å²) >= 11 is 3.20. The van der Waals surface area contributed by atoms with Crippen LogP contribution in [0.4, 0.5) is 0 Å². The molecule has 2 heterocycles. The normalized spacial score (nSPS) is 11.0. The maximum Gasteiger partial charge on any atom is 0.303 e. The van der Waals surface area contributed by atoms with E-state index in [0.717, 1.165) is 43.7 Å². The molecule has 0 spiro atoms. The van der Waals surface area contributed by atoms with Crippen LogP contribution in [0.2, 0.25) is 0 Å². The molecule has 26 heavy (non-hydrogen) atoms. The van der Waals surface area contributed by atoms with Gasteiger partial charge in [0.25, 0.3) is 0 Å². The average molecular weight is 389 g/mol. The number of aliphatic carboxylic acids is 1. The van der Waals surface area contributed by atoms with Crippen LogP contribution < -0.4 is 4.74 Å². The van der Waals surface area contributed by atoms with Crippen LogP contribution in [0.25, 0.3) is 21.3 Å². The van der Waals surface area contributed by atoms with E-state index in [1.54, 1.807) is 23.1 Å². The number of fused-ring (bicyclic) bond motifs is 1. The van der Waals surface area contributed by atoms with Crippen molar-refractivity contribution < 1.29 is 14.6 Å². The summed E-state index contributed by atoms with van der Waals surface area (Å²) in [6.45, 7) is 4.50. The molecule has 3 aromatic rings. The van der Waals surface area contributed by atoms with Crippen molar-refractivity contribution >= 4 is 39.3 Å². The van der Waals surface area contributed by atoms with Crippen molar-refractivity contribution in [2.75, 3.05) is 12.4 Å². The fourth-order valence-electron chi connectivity index (χ4n) is 2.62. The van der Waals surface area contributed by atoms with Crippen LogP contribution in [0.3, 0.4) is 0 Å². The molecule has 2 aromatic heterocycles. The first kappa shape index (κ1) is 18.7. The Labute approximate surface area is 160 Å². The molecule has 0 bridgehead atoms. The number of thioether (sulfide) groups is 1. The molecular formula is C19H20N2O3S2. The van der Waals surface area contributed by atoms with E-state index in [9.17, 15) is 4.79 Å². The lowest BCUT2D eigenvalue weighted by Gasteiger charge is -2.07. The summed E-state index contributed by atoms with van der Waals surface area (Å²) < 4.78 is 5.52. The summed E-state index contributed by atoms with van der Waals surface area (Å²) in [7, 11) is 0. The second-order valence-electron chi connectivity index (χ2n) is 5.71. The van der Waals surface area contributed by atoms with Crippen molar-refractivity contribution in [3.63, 3.8) is 0 Å². The van der Waals surface area contributed by atoms with E-state index in [0.29, 0.717) is 13.0 Å². The highest BCUT2D eigenvalue weighted by atomic mass is 32.2. The predicted molar refractivity (Wildman–Crippen MR) is 106 cm³/mol. The third kappa shape index (κ3) is 4.34. The summed E-state index contributed by atoms with van der Waals surface area (Å²) in [6.07, 6.45) is 0.794. The smallest absolute Gasteiger partial charge is 0.303 e. The first-order chi connectivity index (χ1) is 12.6. The third-order valence-electron chi connectivity index (χ3n) is 3.76. The average Bonchev–Trinajstić information content (AvgIpc) is 3.03. The second kappa shape index (κ2) is 8.51. The van der Waals surface area contributed by atoms with Gasteiger partial charge in [0.05, 0.1) is 12.0 Å². The molecule has 7 heteroatoms. The van der Waals surface area contributed by atoms with Crippen molar-refractivity contribution in [2.24, 2.45) is 0 Å². The second-order valence-corrected chi connectivity index (χ2v) is 7.65. The number of benzene rings is 1. The van der Waals surface area contributed by atoms with E-state index in [4.69, 9.17) is 9.84 Å². The van der Waals surface area contributed by atoms with Crippen LogP contribution in [0.1, 0.15) is 25.6 Å². The fraction of sp³-hybridized carbons (Fsp3) is 0.316. The number of carboxylic acids is 1. The highest BCUT2D eigenvalue weighted by Crippen LogP contribution is 2.38. The molecule has 0 atom stereocenters. The highest BCUT2D eigenvalue weighted by molar-refractivity contribution is 7.99. The predicted octanol–water partition coefficient (Wildman–Crippen LogP) is 5.02. The van der Waals surface area contributed by atoms with Crippen molar-refractivity contribution in [3.8, 4) is 16.9 Å². The van der Waals surface area contributed by atoms with Crippen LogP contribution in [0.15, 0.2) is 34.7 Å². The Hall–Kier alpha value is -2.12. The SMILES string of the molecule is CCOc1ccc(-c2csc3nc(C)nc(SCCCC(=O)O)c23)cc1. The Morgan fingerprint density at radius 3 is 2.73 bits per heavy atom. The Bertz CT molecular complexity index is 907. The van der Waals surface area contributed by atoms with Crippen molar-refractivity contribution in [1.82, 2.24) is 9.97 Å². The molecule has 5 nitrogen and oxygen atoms in total. The van der Waals surface area contributed by atoms with Gasteiger partial charge in [0.15, 0.2) is 0 Å². The van der Waals surface area contributed by atoms with Gasteiger partial charge in [-0.2, -0.15) is 0 Å². The van der Waals surface area contributed by atoms with Gasteiger partial charge in [0, 0.05) is 23.1 Å². The van der Waals surface area contributed by atoms with Crippen molar-refractivity contribution in [3.05, 3.63) is 35.5 Å². The van der Waals surface area contributed by atoms with E-state index in [2.05, 4.69) is 15.3 Å². The van der Waals surface area contributed by atoms with E-state index in [1.165, 1.54) is 0 Å². The van der Waals surface area contributed by atoms with Gasteiger partial charge < -0.3 is 9.84 Å². The van der Waals surface area contributed by atoms with Crippen LogP contribution in [-0.2, 0) is 4.79 Å². The summed E-state index contributed by atoms with van der Waals surface area (Å²) in [5.41, 5.74) is 2.20. The number of aromatic nitrogens is 2. The summed E-state index contributed by atoms with van der Waals surface area (Å²) in [5.74, 6) is 1.54. The standard InChI is InChI=1S/C19H20N2O3S2/c1-3-24-14-8-6-13(7-9-14)15-11-26-19-17(15)18(20-12(2)21-19)25-10-4-5-16(22)23/h6-9,11H,3-5,10H2,1-2H3,(H,22,23). The Kier molecular flexibility index (Phi) is 6.11. The lowest BCUT2D eigenvalue weighted by molar-refractivity contribution is -0.137. The molecule has 1 aromatic carbocycles. The molecule has 0 aliphatic carbocycles. The lowest BCUT2D eigenvalue weighted by atomic mass is 10.1. The van der Waals surface area contributed by atoms with E-state index >= 15 is 0 Å². The van der Waals surface area contributed by atoms with Crippen molar-refractivity contribution in [2.45, 2.75) is 31.7 Å². The Morgan fingerprint density at radius 2 is 2.04 bits per heavy atom. The summed E-state index contributed by atoms with van der Waals surface area (Å²) in [4.78, 5) is 20.8. The van der Waals surface area contributed by atoms with Crippen LogP contribution in [0.5, 0.6) is 5.75 Å². The molecule has 0 unspecified atom stereocenters. The van der Waals surface area contributed by atoms with Gasteiger partial charge in [-0.1, -0.05) is 12.1 Å². The molecule has 0 amide bonds. The number of thiophene rings is 1. The number of nitrogens with zero attached hydrogens (tertiary/aromatic N) is 2. The summed E-state index contributed by atoms with van der Waals surface area (Å²) in [6, 6.07) is 8.03. The molecule has 0 saturated heterocycles. The van der Waals surface area contributed by atoms with E-state index in [1.807, 2.05) is 38.1 Å². The molecule has 0 aliphatic rings. The number of carbonyl (C=O) groups is 1. The van der Waals surface area contributed by atoms with Gasteiger partial charge in [-0.3, -0.25) is 4.79 Å². The van der Waals surface area contributed by atoms with Crippen LogP contribution >= 0.6 is 23.1 Å². The van der Waals surface area contributed by atoms with Gasteiger partial charge in [0.2, 0.25) is 0 Å². The minimum absolute atomic E-state index is 0.176. The quantitative estimate of drug-likeness (QED) is 0.332. The monoisotopic (exact) mass is 388 g/mol. The van der Waals surface area contributed by atoms with Gasteiger partial charge in [0.1, 0.15) is 21.4 Å². The molecule has 1 N–H and O–H groups in total. The zero-order chi connectivity index (χ0) is 18.5. The number of ether oxygens (including phenoxy) is 1. The molecular weight excluding hydrogens is 368 g/mol. The van der Waals surface area contributed by atoms with Gasteiger partial charge in [-0.05, 0) is 38.0 Å². The van der Waals surface area contributed by atoms with Gasteiger partial charge >= 0.3 is 5.97 Å². The molecule has 0 aliphatic heterocycles. The minimum atomic E-state index is -0.764. The van der Waals surface area contributed by atoms with Crippen molar-refractivity contribution in [1.29, 1.82) is 0 Å². The first-order valence-electron chi connectivity index (χ1n) is 8.42. The maximum atomic E-state index is 10.7. The highest BCUT2D eigenvalue weighted by Gasteiger charge is 2.15. The number of aryl methyl sites for hydroxylation is 1. The number of hydrogen-bond acceptors (Lipinski definition) is 6. The third-order valence-corrected chi connectivity index (χ3v) is 5.70. The molecule has 136 valence electrons. The van der Waals surface area contributed by atoms with E-state index in [-0.39, 0.29) is 6.42 Å². The first-order valence-corrected chi connectivity index (χ1v) is 10.3. The van der Waals surface area contributed by atoms with Crippen LogP contribution in [0, 0.1) is 6.92 Å². The van der Waals surface area contributed by atoms with E-state index < -0.39 is 5.97 Å². The Balaban J connectivity index is 1.92. The molecule has 0 saturated carbocycles. The molecule has 0 fully saturated rings. The lowest BCUT2D eigenvalue weighted by Crippen LogP contribution is -1.96.